The normalized spacial score (nSPS) is 11.9. The van der Waals surface area contributed by atoms with Crippen molar-refractivity contribution >= 4 is 34.5 Å². The Hall–Kier alpha value is -2.92. The van der Waals surface area contributed by atoms with Crippen LogP contribution in [0.2, 0.25) is 5.15 Å². The fourth-order valence-corrected chi connectivity index (χ4v) is 3.46. The Kier molecular flexibility index (Phi) is 4.55. The molecule has 0 bridgehead atoms. The van der Waals surface area contributed by atoms with Gasteiger partial charge in [0.25, 0.3) is 5.91 Å². The van der Waals surface area contributed by atoms with Crippen LogP contribution in [0.15, 0.2) is 40.7 Å². The SMILES string of the molecule is O=C(NCc1cccs1)c1nc2c(C(F)(F)F)cc(-c3ncon3)cn2c1Cl. The number of aromatic nitrogens is 4. The van der Waals surface area contributed by atoms with E-state index in [-0.39, 0.29) is 28.8 Å². The van der Waals surface area contributed by atoms with Crippen molar-refractivity contribution in [3.8, 4) is 11.4 Å². The molecule has 0 fully saturated rings. The molecule has 0 aromatic carbocycles. The predicted octanol–water partition coefficient (Wildman–Crippen LogP) is 4.05. The zero-order valence-corrected chi connectivity index (χ0v) is 15.3. The minimum Gasteiger partial charge on any atom is -0.346 e. The zero-order valence-electron chi connectivity index (χ0n) is 13.7. The highest BCUT2D eigenvalue weighted by Gasteiger charge is 2.36. The van der Waals surface area contributed by atoms with E-state index in [0.29, 0.717) is 0 Å². The van der Waals surface area contributed by atoms with Crippen molar-refractivity contribution in [2.45, 2.75) is 12.7 Å². The van der Waals surface area contributed by atoms with Crippen LogP contribution in [0.5, 0.6) is 0 Å². The average molecular weight is 428 g/mol. The molecule has 0 saturated carbocycles. The van der Waals surface area contributed by atoms with E-state index in [2.05, 4.69) is 25.0 Å². The third kappa shape index (κ3) is 3.34. The van der Waals surface area contributed by atoms with Crippen LogP contribution >= 0.6 is 22.9 Å². The fraction of sp³-hybridized carbons (Fsp3) is 0.125. The molecule has 0 aliphatic rings. The summed E-state index contributed by atoms with van der Waals surface area (Å²) in [6.07, 6.45) is -2.48. The summed E-state index contributed by atoms with van der Waals surface area (Å²) in [7, 11) is 0. The molecule has 144 valence electrons. The molecule has 12 heteroatoms. The Morgan fingerprint density at radius 3 is 2.86 bits per heavy atom. The Bertz CT molecular complexity index is 1140. The monoisotopic (exact) mass is 427 g/mol. The van der Waals surface area contributed by atoms with Gasteiger partial charge in [0.05, 0.1) is 12.1 Å². The molecule has 28 heavy (non-hydrogen) atoms. The van der Waals surface area contributed by atoms with Gasteiger partial charge in [-0.25, -0.2) is 4.98 Å². The topological polar surface area (TPSA) is 85.3 Å². The maximum absolute atomic E-state index is 13.6. The van der Waals surface area contributed by atoms with Crippen molar-refractivity contribution in [2.75, 3.05) is 0 Å². The maximum Gasteiger partial charge on any atom is 0.420 e. The van der Waals surface area contributed by atoms with Gasteiger partial charge in [0.1, 0.15) is 5.15 Å². The average Bonchev–Trinajstić information content (AvgIpc) is 3.40. The summed E-state index contributed by atoms with van der Waals surface area (Å²) in [5.41, 5.74) is -1.87. The third-order valence-corrected chi connectivity index (χ3v) is 5.04. The summed E-state index contributed by atoms with van der Waals surface area (Å²) in [5, 5.41) is 7.72. The molecular weight excluding hydrogens is 419 g/mol. The number of thiophene rings is 1. The quantitative estimate of drug-likeness (QED) is 0.531. The molecule has 1 amide bonds. The third-order valence-electron chi connectivity index (χ3n) is 3.80. The molecule has 0 radical (unpaired) electrons. The van der Waals surface area contributed by atoms with Gasteiger partial charge in [0.2, 0.25) is 12.2 Å². The van der Waals surface area contributed by atoms with Crippen LogP contribution < -0.4 is 5.32 Å². The van der Waals surface area contributed by atoms with Crippen LogP contribution in [0, 0.1) is 0 Å². The first-order valence-electron chi connectivity index (χ1n) is 7.70. The number of hydrogen-bond donors (Lipinski definition) is 1. The lowest BCUT2D eigenvalue weighted by Crippen LogP contribution is -2.23. The number of amides is 1. The molecule has 0 unspecified atom stereocenters. The molecule has 7 nitrogen and oxygen atoms in total. The number of hydrogen-bond acceptors (Lipinski definition) is 6. The molecule has 0 spiro atoms. The van der Waals surface area contributed by atoms with E-state index < -0.39 is 23.3 Å². The van der Waals surface area contributed by atoms with Gasteiger partial charge in [-0.15, -0.1) is 11.3 Å². The van der Waals surface area contributed by atoms with Crippen molar-refractivity contribution in [1.29, 1.82) is 0 Å². The number of nitrogens with zero attached hydrogens (tertiary/aromatic N) is 4. The highest BCUT2D eigenvalue weighted by atomic mass is 35.5. The summed E-state index contributed by atoms with van der Waals surface area (Å²) in [6.45, 7) is 0.209. The predicted molar refractivity (Wildman–Crippen MR) is 94.0 cm³/mol. The Morgan fingerprint density at radius 2 is 2.21 bits per heavy atom. The van der Waals surface area contributed by atoms with Gasteiger partial charge in [0, 0.05) is 16.6 Å². The molecule has 0 aliphatic carbocycles. The van der Waals surface area contributed by atoms with Crippen molar-refractivity contribution in [3.05, 3.63) is 57.5 Å². The van der Waals surface area contributed by atoms with Gasteiger partial charge in [0.15, 0.2) is 11.3 Å². The number of imidazole rings is 1. The van der Waals surface area contributed by atoms with Crippen molar-refractivity contribution in [1.82, 2.24) is 24.8 Å². The van der Waals surface area contributed by atoms with Crippen molar-refractivity contribution in [3.63, 3.8) is 0 Å². The van der Waals surface area contributed by atoms with E-state index in [9.17, 15) is 18.0 Å². The van der Waals surface area contributed by atoms with Crippen LogP contribution in [0.3, 0.4) is 0 Å². The van der Waals surface area contributed by atoms with Gasteiger partial charge >= 0.3 is 6.18 Å². The highest BCUT2D eigenvalue weighted by Crippen LogP contribution is 2.36. The first-order valence-corrected chi connectivity index (χ1v) is 8.96. The number of fused-ring (bicyclic) bond motifs is 1. The van der Waals surface area contributed by atoms with Gasteiger partial charge in [-0.1, -0.05) is 22.8 Å². The molecular formula is C16H9ClF3N5O2S. The standard InChI is InChI=1S/C16H9ClF3N5O2S/c17-12-11(15(26)21-5-9-2-1-3-28-9)23-14-10(16(18,19)20)4-8(6-25(12)14)13-22-7-27-24-13/h1-4,6-7H,5H2,(H,21,26). The van der Waals surface area contributed by atoms with E-state index >= 15 is 0 Å². The molecule has 4 aromatic rings. The molecule has 4 rings (SSSR count). The first kappa shape index (κ1) is 18.4. The minimum absolute atomic E-state index is 0.0124. The second kappa shape index (κ2) is 6.91. The second-order valence-corrected chi connectivity index (χ2v) is 6.99. The molecule has 4 heterocycles. The molecule has 1 N–H and O–H groups in total. The maximum atomic E-state index is 13.6. The number of carbonyl (C=O) groups excluding carboxylic acids is 1. The molecule has 0 atom stereocenters. The number of pyridine rings is 1. The van der Waals surface area contributed by atoms with Gasteiger partial charge in [-0.2, -0.15) is 18.2 Å². The van der Waals surface area contributed by atoms with Crippen molar-refractivity contribution < 1.29 is 22.5 Å². The highest BCUT2D eigenvalue weighted by molar-refractivity contribution is 7.09. The second-order valence-electron chi connectivity index (χ2n) is 5.60. The summed E-state index contributed by atoms with van der Waals surface area (Å²) in [5.74, 6) is -0.739. The summed E-state index contributed by atoms with van der Waals surface area (Å²) in [4.78, 5) is 20.9. The Balaban J connectivity index is 1.79. The molecule has 0 saturated heterocycles. The Morgan fingerprint density at radius 1 is 1.39 bits per heavy atom. The first-order chi connectivity index (χ1) is 13.3. The number of nitrogens with one attached hydrogen (secondary N) is 1. The zero-order chi connectivity index (χ0) is 19.9. The lowest BCUT2D eigenvalue weighted by molar-refractivity contribution is -0.136. The van der Waals surface area contributed by atoms with Crippen LogP contribution in [0.25, 0.3) is 17.0 Å². The lowest BCUT2D eigenvalue weighted by Gasteiger charge is -2.09. The summed E-state index contributed by atoms with van der Waals surface area (Å²) < 4.78 is 46.2. The lowest BCUT2D eigenvalue weighted by atomic mass is 10.2. The van der Waals surface area contributed by atoms with E-state index in [0.717, 1.165) is 21.7 Å². The van der Waals surface area contributed by atoms with Crippen molar-refractivity contribution in [2.24, 2.45) is 0 Å². The number of rotatable bonds is 4. The van der Waals surface area contributed by atoms with E-state index in [1.165, 1.54) is 17.5 Å². The molecule has 4 aromatic heterocycles. The van der Waals surface area contributed by atoms with Gasteiger partial charge in [-0.05, 0) is 17.5 Å². The van der Waals surface area contributed by atoms with Crippen LogP contribution in [-0.2, 0) is 12.7 Å². The van der Waals surface area contributed by atoms with Crippen LogP contribution in [0.1, 0.15) is 20.9 Å². The fourth-order valence-electron chi connectivity index (χ4n) is 2.55. The summed E-state index contributed by atoms with van der Waals surface area (Å²) in [6, 6.07) is 4.46. The van der Waals surface area contributed by atoms with E-state index in [1.54, 1.807) is 0 Å². The largest absolute Gasteiger partial charge is 0.420 e. The van der Waals surface area contributed by atoms with E-state index in [1.807, 2.05) is 17.5 Å². The smallest absolute Gasteiger partial charge is 0.346 e. The summed E-state index contributed by atoms with van der Waals surface area (Å²) >= 11 is 7.61. The number of alkyl halides is 3. The number of carbonyl (C=O) groups is 1. The van der Waals surface area contributed by atoms with Gasteiger partial charge in [-0.3, -0.25) is 9.20 Å². The Labute approximate surface area is 163 Å². The van der Waals surface area contributed by atoms with Crippen LogP contribution in [-0.4, -0.2) is 25.4 Å². The van der Waals surface area contributed by atoms with Crippen LogP contribution in [0.4, 0.5) is 13.2 Å². The van der Waals surface area contributed by atoms with E-state index in [4.69, 9.17) is 11.6 Å². The van der Waals surface area contributed by atoms with Gasteiger partial charge < -0.3 is 9.84 Å². The number of halogens is 4. The molecule has 0 aliphatic heterocycles. The minimum atomic E-state index is -4.74.